The Bertz CT molecular complexity index is 1520. The first-order chi connectivity index (χ1) is 16.1. The number of fused-ring (bicyclic) bond motifs is 3. The lowest BCUT2D eigenvalue weighted by Crippen LogP contribution is -2.10. The molecule has 0 saturated heterocycles. The van der Waals surface area contributed by atoms with E-state index in [9.17, 15) is 0 Å². The first kappa shape index (κ1) is 18.5. The van der Waals surface area contributed by atoms with Gasteiger partial charge in [-0.2, -0.15) is 0 Å². The molecule has 0 N–H and O–H groups in total. The van der Waals surface area contributed by atoms with Crippen molar-refractivity contribution in [3.8, 4) is 17.3 Å². The molecule has 0 radical (unpaired) electrons. The second-order valence-electron chi connectivity index (χ2n) is 8.87. The third-order valence-electron chi connectivity index (χ3n) is 5.17. The fourth-order valence-electron chi connectivity index (χ4n) is 3.98. The highest BCUT2D eigenvalue weighted by molar-refractivity contribution is 9.10. The molecule has 0 aliphatic heterocycles. The van der Waals surface area contributed by atoms with E-state index in [0.29, 0.717) is 11.4 Å². The van der Waals surface area contributed by atoms with Crippen LogP contribution >= 0.6 is 15.9 Å². The fourth-order valence-corrected chi connectivity index (χ4v) is 4.36. The first-order valence-electron chi connectivity index (χ1n) is 11.6. The molecule has 0 spiro atoms. The molecule has 4 heteroatoms. The summed E-state index contributed by atoms with van der Waals surface area (Å²) in [4.78, 5) is 4.65. The van der Waals surface area contributed by atoms with Crippen LogP contribution < -0.4 is 4.74 Å². The predicted molar refractivity (Wildman–Crippen MR) is 136 cm³/mol. The zero-order chi connectivity index (χ0) is 24.1. The van der Waals surface area contributed by atoms with Crippen molar-refractivity contribution >= 4 is 37.7 Å². The molecular formula is C28H25BrN2O. The third kappa shape index (κ3) is 4.15. The summed E-state index contributed by atoms with van der Waals surface area (Å²) < 4.78 is 26.7. The molecule has 0 fully saturated rings. The van der Waals surface area contributed by atoms with Crippen molar-refractivity contribution in [3.63, 3.8) is 0 Å². The summed E-state index contributed by atoms with van der Waals surface area (Å²) >= 11 is 3.49. The van der Waals surface area contributed by atoms with E-state index in [0.717, 1.165) is 37.8 Å². The summed E-state index contributed by atoms with van der Waals surface area (Å²) in [6.07, 6.45) is 0.176. The van der Waals surface area contributed by atoms with Crippen LogP contribution in [0.15, 0.2) is 89.5 Å². The van der Waals surface area contributed by atoms with E-state index in [1.54, 1.807) is 12.3 Å². The van der Waals surface area contributed by atoms with Gasteiger partial charge in [0.15, 0.2) is 0 Å². The molecule has 0 unspecified atom stereocenters. The van der Waals surface area contributed by atoms with Gasteiger partial charge in [-0.3, -0.25) is 4.57 Å². The Kier molecular flexibility index (Phi) is 4.67. The van der Waals surface area contributed by atoms with Crippen molar-refractivity contribution < 1.29 is 7.48 Å². The van der Waals surface area contributed by atoms with Crippen LogP contribution in [0, 0.1) is 5.41 Å². The Hall–Kier alpha value is -3.11. The average molecular weight is 487 g/mol. The number of hydrogen-bond donors (Lipinski definition) is 0. The van der Waals surface area contributed by atoms with Crippen molar-refractivity contribution in [1.82, 2.24) is 9.55 Å². The van der Waals surface area contributed by atoms with Gasteiger partial charge in [-0.15, -0.1) is 0 Å². The molecule has 0 aliphatic carbocycles. The zero-order valence-corrected chi connectivity index (χ0v) is 19.8. The lowest BCUT2D eigenvalue weighted by Gasteiger charge is -2.18. The zero-order valence-electron chi connectivity index (χ0n) is 20.3. The minimum absolute atomic E-state index is 0.558. The molecule has 2 aromatic heterocycles. The van der Waals surface area contributed by atoms with E-state index < -0.39 is 11.8 Å². The highest BCUT2D eigenvalue weighted by Gasteiger charge is 2.16. The van der Waals surface area contributed by atoms with Crippen molar-refractivity contribution in [2.24, 2.45) is 5.41 Å². The molecule has 0 atom stereocenters. The van der Waals surface area contributed by atoms with Gasteiger partial charge in [0, 0.05) is 30.2 Å². The number of halogens is 1. The van der Waals surface area contributed by atoms with Crippen LogP contribution in [0.3, 0.4) is 0 Å². The maximum absolute atomic E-state index is 8.75. The SMILES string of the molecule is [2H]C([2H])(c1ccnc(-n2c3ccccc3c3ccc(Oc4cccc(Br)c4)cc32)c1)C(C)(C)C. The van der Waals surface area contributed by atoms with Gasteiger partial charge in [-0.05, 0) is 65.9 Å². The largest absolute Gasteiger partial charge is 0.457 e. The molecule has 5 rings (SSSR count). The molecule has 0 saturated carbocycles. The number of pyridine rings is 1. The quantitative estimate of drug-likeness (QED) is 0.255. The molecule has 5 aromatic rings. The summed E-state index contributed by atoms with van der Waals surface area (Å²) in [6, 6.07) is 25.6. The van der Waals surface area contributed by atoms with E-state index >= 15 is 0 Å². The van der Waals surface area contributed by atoms with Crippen LogP contribution in [0.4, 0.5) is 0 Å². The minimum atomic E-state index is -1.52. The lowest BCUT2D eigenvalue weighted by molar-refractivity contribution is 0.411. The van der Waals surface area contributed by atoms with Crippen molar-refractivity contribution in [3.05, 3.63) is 95.1 Å². The van der Waals surface area contributed by atoms with Crippen LogP contribution in [-0.4, -0.2) is 9.55 Å². The van der Waals surface area contributed by atoms with Gasteiger partial charge in [0.05, 0.1) is 11.0 Å². The van der Waals surface area contributed by atoms with Gasteiger partial charge in [0.25, 0.3) is 0 Å². The fraction of sp³-hybridized carbons (Fsp3) is 0.179. The van der Waals surface area contributed by atoms with Crippen LogP contribution in [0.2, 0.25) is 0 Å². The molecule has 0 bridgehead atoms. The second kappa shape index (κ2) is 8.10. The van der Waals surface area contributed by atoms with E-state index in [1.165, 1.54) is 0 Å². The molecular weight excluding hydrogens is 460 g/mol. The maximum Gasteiger partial charge on any atom is 0.137 e. The van der Waals surface area contributed by atoms with Gasteiger partial charge in [0.1, 0.15) is 17.3 Å². The van der Waals surface area contributed by atoms with E-state index in [-0.39, 0.29) is 0 Å². The molecule has 32 heavy (non-hydrogen) atoms. The van der Waals surface area contributed by atoms with Crippen molar-refractivity contribution in [2.75, 3.05) is 0 Å². The number of rotatable bonds is 4. The molecule has 2 heterocycles. The predicted octanol–water partition coefficient (Wildman–Crippen LogP) is 8.32. The second-order valence-corrected chi connectivity index (χ2v) is 9.78. The van der Waals surface area contributed by atoms with E-state index in [1.807, 2.05) is 75.4 Å². The number of hydrogen-bond acceptors (Lipinski definition) is 2. The monoisotopic (exact) mass is 486 g/mol. The third-order valence-corrected chi connectivity index (χ3v) is 5.66. The molecule has 0 aliphatic rings. The van der Waals surface area contributed by atoms with Crippen LogP contribution in [0.1, 0.15) is 29.1 Å². The van der Waals surface area contributed by atoms with Gasteiger partial charge < -0.3 is 4.74 Å². The Balaban J connectivity index is 1.70. The molecule has 160 valence electrons. The lowest BCUT2D eigenvalue weighted by atomic mass is 9.88. The standard InChI is InChI=1S/C28H25BrN2O/c1-28(2,3)18-19-13-14-30-27(15-19)31-25-10-5-4-9-23(25)24-12-11-22(17-26(24)31)32-21-8-6-7-20(29)16-21/h4-17H,18H2,1-3H3/i18D2. The highest BCUT2D eigenvalue weighted by atomic mass is 79.9. The van der Waals surface area contributed by atoms with Crippen LogP contribution in [0.5, 0.6) is 11.5 Å². The van der Waals surface area contributed by atoms with Crippen LogP contribution in [0.25, 0.3) is 27.6 Å². The molecule has 0 amide bonds. The number of ether oxygens (including phenoxy) is 1. The number of aromatic nitrogens is 2. The van der Waals surface area contributed by atoms with Gasteiger partial charge in [-0.25, -0.2) is 4.98 Å². The van der Waals surface area contributed by atoms with E-state index in [4.69, 9.17) is 7.48 Å². The molecule has 3 aromatic carbocycles. The first-order valence-corrected chi connectivity index (χ1v) is 11.4. The normalized spacial score (nSPS) is 13.2. The topological polar surface area (TPSA) is 27.1 Å². The Morgan fingerprint density at radius 2 is 1.66 bits per heavy atom. The van der Waals surface area contributed by atoms with Gasteiger partial charge in [0.2, 0.25) is 0 Å². The van der Waals surface area contributed by atoms with Crippen molar-refractivity contribution in [2.45, 2.75) is 27.1 Å². The number of nitrogens with zero attached hydrogens (tertiary/aromatic N) is 2. The highest BCUT2D eigenvalue weighted by Crippen LogP contribution is 2.35. The average Bonchev–Trinajstić information content (AvgIpc) is 3.12. The van der Waals surface area contributed by atoms with Crippen molar-refractivity contribution in [1.29, 1.82) is 0 Å². The Morgan fingerprint density at radius 3 is 2.47 bits per heavy atom. The maximum atomic E-state index is 8.75. The minimum Gasteiger partial charge on any atom is -0.457 e. The van der Waals surface area contributed by atoms with Gasteiger partial charge >= 0.3 is 0 Å². The van der Waals surface area contributed by atoms with E-state index in [2.05, 4.69) is 43.7 Å². The molecule has 3 nitrogen and oxygen atoms in total. The van der Waals surface area contributed by atoms with Gasteiger partial charge in [-0.1, -0.05) is 61.0 Å². The summed E-state index contributed by atoms with van der Waals surface area (Å²) in [5, 5.41) is 2.20. The number of para-hydroxylation sites is 1. The summed E-state index contributed by atoms with van der Waals surface area (Å²) in [6.45, 7) is 5.75. The summed E-state index contributed by atoms with van der Waals surface area (Å²) in [7, 11) is 0. The Morgan fingerprint density at radius 1 is 0.875 bits per heavy atom. The smallest absolute Gasteiger partial charge is 0.137 e. The Labute approximate surface area is 199 Å². The summed E-state index contributed by atoms with van der Waals surface area (Å²) in [5.41, 5.74) is 2.02. The summed E-state index contributed by atoms with van der Waals surface area (Å²) in [5.74, 6) is 2.14. The number of benzene rings is 3. The van der Waals surface area contributed by atoms with Crippen LogP contribution in [-0.2, 0) is 6.37 Å².